The van der Waals surface area contributed by atoms with E-state index in [0.29, 0.717) is 32.2 Å². The molecule has 0 spiro atoms. The molecule has 4 nitrogen and oxygen atoms in total. The van der Waals surface area contributed by atoms with Crippen LogP contribution in [0.5, 0.6) is 0 Å². The van der Waals surface area contributed by atoms with Gasteiger partial charge in [-0.3, -0.25) is 4.79 Å². The summed E-state index contributed by atoms with van der Waals surface area (Å²) in [4.78, 5) is 12.1. The van der Waals surface area contributed by atoms with E-state index >= 15 is 0 Å². The highest BCUT2D eigenvalue weighted by atomic mass is 79.9. The number of benzene rings is 1. The van der Waals surface area contributed by atoms with Crippen molar-refractivity contribution in [3.05, 3.63) is 34.3 Å². The lowest BCUT2D eigenvalue weighted by molar-refractivity contribution is -0.126. The minimum atomic E-state index is -0.735. The van der Waals surface area contributed by atoms with Crippen LogP contribution in [0, 0.1) is 17.2 Å². The first-order chi connectivity index (χ1) is 9.52. The lowest BCUT2D eigenvalue weighted by Gasteiger charge is -2.31. The Hall–Kier alpha value is -1.38. The van der Waals surface area contributed by atoms with Crippen LogP contribution >= 0.6 is 15.9 Å². The van der Waals surface area contributed by atoms with Gasteiger partial charge in [0, 0.05) is 16.9 Å². The van der Waals surface area contributed by atoms with Crippen LogP contribution in [0.1, 0.15) is 31.2 Å². The molecule has 0 atom stereocenters. The molecule has 0 bridgehead atoms. The second kappa shape index (κ2) is 6.38. The normalized spacial score (nSPS) is 25.8. The summed E-state index contributed by atoms with van der Waals surface area (Å²) in [6.45, 7) is 0.529. The highest BCUT2D eigenvalue weighted by molar-refractivity contribution is 9.10. The molecule has 1 aromatic carbocycles. The molecule has 0 unspecified atom stereocenters. The van der Waals surface area contributed by atoms with Gasteiger partial charge in [0.15, 0.2) is 0 Å². The van der Waals surface area contributed by atoms with Crippen LogP contribution in [0.4, 0.5) is 0 Å². The Bertz CT molecular complexity index is 530. The van der Waals surface area contributed by atoms with E-state index in [2.05, 4.69) is 27.3 Å². The third kappa shape index (κ3) is 3.81. The Morgan fingerprint density at radius 2 is 2.20 bits per heavy atom. The van der Waals surface area contributed by atoms with E-state index in [0.717, 1.165) is 10.0 Å². The number of hydrogen-bond donors (Lipinski definition) is 2. The largest absolute Gasteiger partial charge is 0.352 e. The molecular formula is C15H18BrN3O. The van der Waals surface area contributed by atoms with Gasteiger partial charge in [0.2, 0.25) is 5.91 Å². The van der Waals surface area contributed by atoms with Gasteiger partial charge in [-0.05, 0) is 43.4 Å². The molecule has 1 aliphatic carbocycles. The smallest absolute Gasteiger partial charge is 0.223 e. The third-order valence-electron chi connectivity index (χ3n) is 3.83. The van der Waals surface area contributed by atoms with Gasteiger partial charge in [0.25, 0.3) is 0 Å². The Morgan fingerprint density at radius 3 is 2.80 bits per heavy atom. The van der Waals surface area contributed by atoms with E-state index < -0.39 is 5.54 Å². The molecule has 0 saturated heterocycles. The quantitative estimate of drug-likeness (QED) is 0.890. The molecule has 3 N–H and O–H groups in total. The van der Waals surface area contributed by atoms with Gasteiger partial charge in [0.1, 0.15) is 5.54 Å². The van der Waals surface area contributed by atoms with Crippen LogP contribution in [0.3, 0.4) is 0 Å². The number of halogens is 1. The van der Waals surface area contributed by atoms with Crippen LogP contribution in [0.25, 0.3) is 0 Å². The summed E-state index contributed by atoms with van der Waals surface area (Å²) in [5, 5.41) is 11.9. The fourth-order valence-corrected chi connectivity index (χ4v) is 2.93. The van der Waals surface area contributed by atoms with Crippen molar-refractivity contribution in [1.82, 2.24) is 5.32 Å². The number of carbonyl (C=O) groups is 1. The van der Waals surface area contributed by atoms with Crippen LogP contribution in [0.15, 0.2) is 28.7 Å². The summed E-state index contributed by atoms with van der Waals surface area (Å²) in [6, 6.07) is 10.0. The van der Waals surface area contributed by atoms with Crippen molar-refractivity contribution < 1.29 is 4.79 Å². The monoisotopic (exact) mass is 335 g/mol. The number of nitrogens with zero attached hydrogens (tertiary/aromatic N) is 1. The van der Waals surface area contributed by atoms with Crippen molar-refractivity contribution in [2.24, 2.45) is 11.7 Å². The van der Waals surface area contributed by atoms with Crippen molar-refractivity contribution in [2.75, 3.05) is 0 Å². The maximum Gasteiger partial charge on any atom is 0.223 e. The van der Waals surface area contributed by atoms with Gasteiger partial charge < -0.3 is 11.1 Å². The van der Waals surface area contributed by atoms with Crippen LogP contribution in [0.2, 0.25) is 0 Å². The molecule has 0 radical (unpaired) electrons. The number of nitriles is 1. The first-order valence-electron chi connectivity index (χ1n) is 6.75. The summed E-state index contributed by atoms with van der Waals surface area (Å²) in [5.41, 5.74) is 6.23. The van der Waals surface area contributed by atoms with Crippen LogP contribution < -0.4 is 11.1 Å². The van der Waals surface area contributed by atoms with E-state index in [1.54, 1.807) is 0 Å². The lowest BCUT2D eigenvalue weighted by Crippen LogP contribution is -2.44. The molecule has 5 heteroatoms. The molecule has 2 rings (SSSR count). The molecule has 0 heterocycles. The second-order valence-electron chi connectivity index (χ2n) is 5.39. The van der Waals surface area contributed by atoms with Crippen molar-refractivity contribution >= 4 is 21.8 Å². The SMILES string of the molecule is N#CC1(N)CCC(C(=O)NCc2cccc(Br)c2)CC1. The summed E-state index contributed by atoms with van der Waals surface area (Å²) >= 11 is 3.41. The molecule has 1 saturated carbocycles. The topological polar surface area (TPSA) is 78.9 Å². The van der Waals surface area contributed by atoms with Crippen LogP contribution in [-0.2, 0) is 11.3 Å². The average Bonchev–Trinajstić information content (AvgIpc) is 2.46. The second-order valence-corrected chi connectivity index (χ2v) is 6.31. The minimum Gasteiger partial charge on any atom is -0.352 e. The Kier molecular flexibility index (Phi) is 4.79. The summed E-state index contributed by atoms with van der Waals surface area (Å²) < 4.78 is 1.00. The summed E-state index contributed by atoms with van der Waals surface area (Å²) in [7, 11) is 0. The van der Waals surface area contributed by atoms with Gasteiger partial charge >= 0.3 is 0 Å². The predicted molar refractivity (Wildman–Crippen MR) is 80.5 cm³/mol. The van der Waals surface area contributed by atoms with E-state index in [-0.39, 0.29) is 11.8 Å². The van der Waals surface area contributed by atoms with E-state index in [1.807, 2.05) is 24.3 Å². The predicted octanol–water partition coefficient (Wildman–Crippen LogP) is 2.48. The molecule has 1 aromatic rings. The first-order valence-corrected chi connectivity index (χ1v) is 7.54. The highest BCUT2D eigenvalue weighted by Gasteiger charge is 2.34. The zero-order valence-corrected chi connectivity index (χ0v) is 12.8. The zero-order valence-electron chi connectivity index (χ0n) is 11.2. The van der Waals surface area contributed by atoms with E-state index in [1.165, 1.54) is 0 Å². The van der Waals surface area contributed by atoms with Crippen molar-refractivity contribution in [3.63, 3.8) is 0 Å². The molecule has 0 aliphatic heterocycles. The van der Waals surface area contributed by atoms with Crippen molar-refractivity contribution in [2.45, 2.75) is 37.8 Å². The Labute approximate surface area is 127 Å². The fourth-order valence-electron chi connectivity index (χ4n) is 2.49. The molecule has 1 amide bonds. The average molecular weight is 336 g/mol. The van der Waals surface area contributed by atoms with Gasteiger partial charge in [-0.15, -0.1) is 0 Å². The Balaban J connectivity index is 1.83. The molecule has 1 aliphatic rings. The number of nitrogens with one attached hydrogen (secondary N) is 1. The Morgan fingerprint density at radius 1 is 1.50 bits per heavy atom. The number of nitrogens with two attached hydrogens (primary N) is 1. The maximum absolute atomic E-state index is 12.1. The van der Waals surface area contributed by atoms with E-state index in [9.17, 15) is 4.79 Å². The molecular weight excluding hydrogens is 318 g/mol. The van der Waals surface area contributed by atoms with Gasteiger partial charge in [-0.2, -0.15) is 5.26 Å². The van der Waals surface area contributed by atoms with Gasteiger partial charge in [-0.1, -0.05) is 28.1 Å². The zero-order chi connectivity index (χ0) is 14.6. The number of hydrogen-bond acceptors (Lipinski definition) is 3. The van der Waals surface area contributed by atoms with Crippen LogP contribution in [-0.4, -0.2) is 11.4 Å². The highest BCUT2D eigenvalue weighted by Crippen LogP contribution is 2.30. The van der Waals surface area contributed by atoms with E-state index in [4.69, 9.17) is 11.0 Å². The lowest BCUT2D eigenvalue weighted by atomic mass is 9.77. The number of amides is 1. The third-order valence-corrected chi connectivity index (χ3v) is 4.32. The molecule has 106 valence electrons. The summed E-state index contributed by atoms with van der Waals surface area (Å²) in [6.07, 6.45) is 2.57. The molecule has 1 fully saturated rings. The fraction of sp³-hybridized carbons (Fsp3) is 0.467. The van der Waals surface area contributed by atoms with Gasteiger partial charge in [0.05, 0.1) is 6.07 Å². The minimum absolute atomic E-state index is 0.0211. The number of carbonyl (C=O) groups excluding carboxylic acids is 1. The number of rotatable bonds is 3. The summed E-state index contributed by atoms with van der Waals surface area (Å²) in [5.74, 6) is 0.0390. The van der Waals surface area contributed by atoms with Crippen molar-refractivity contribution in [1.29, 1.82) is 5.26 Å². The van der Waals surface area contributed by atoms with Gasteiger partial charge in [-0.25, -0.2) is 0 Å². The first kappa shape index (κ1) is 15.0. The molecule has 0 aromatic heterocycles. The molecule has 20 heavy (non-hydrogen) atoms. The standard InChI is InChI=1S/C15H18BrN3O/c16-13-3-1-2-11(8-13)9-19-14(20)12-4-6-15(18,10-17)7-5-12/h1-3,8,12H,4-7,9,18H2,(H,19,20). The maximum atomic E-state index is 12.1. The van der Waals surface area contributed by atoms with Crippen molar-refractivity contribution in [3.8, 4) is 6.07 Å².